The maximum absolute atomic E-state index is 12.3. The normalized spacial score (nSPS) is 11.0. The summed E-state index contributed by atoms with van der Waals surface area (Å²) in [7, 11) is 0. The highest BCUT2D eigenvalue weighted by Gasteiger charge is 2.21. The summed E-state index contributed by atoms with van der Waals surface area (Å²) in [6.07, 6.45) is 1.76. The molecule has 0 unspecified atom stereocenters. The van der Waals surface area contributed by atoms with Crippen LogP contribution in [0.1, 0.15) is 44.0 Å². The molecule has 5 heteroatoms. The van der Waals surface area contributed by atoms with Crippen LogP contribution in [0, 0.1) is 12.8 Å². The minimum Gasteiger partial charge on any atom is -0.439 e. The van der Waals surface area contributed by atoms with Crippen LogP contribution in [0.3, 0.4) is 0 Å². The molecule has 0 radical (unpaired) electrons. The largest absolute Gasteiger partial charge is 0.439 e. The van der Waals surface area contributed by atoms with Gasteiger partial charge in [-0.05, 0) is 49.9 Å². The summed E-state index contributed by atoms with van der Waals surface area (Å²) < 4.78 is 8.18. The van der Waals surface area contributed by atoms with Gasteiger partial charge in [0, 0.05) is 18.5 Å². The molecule has 0 saturated carbocycles. The molecular formula is C25H31N3O2. The zero-order chi connectivity index (χ0) is 21.5. The molecule has 0 aliphatic carbocycles. The molecule has 0 saturated heterocycles. The van der Waals surface area contributed by atoms with Crippen LogP contribution < -0.4 is 10.1 Å². The van der Waals surface area contributed by atoms with Crippen molar-refractivity contribution in [2.24, 2.45) is 5.92 Å². The average molecular weight is 406 g/mol. The number of carbonyl (C=O) groups excluding carboxylic acids is 1. The third-order valence-electron chi connectivity index (χ3n) is 4.90. The number of hydrogen-bond acceptors (Lipinski definition) is 3. The second kappa shape index (κ2) is 10.1. The quantitative estimate of drug-likeness (QED) is 0.530. The molecule has 158 valence electrons. The molecule has 3 rings (SSSR count). The van der Waals surface area contributed by atoms with Crippen LogP contribution in [0.25, 0.3) is 5.69 Å². The van der Waals surface area contributed by atoms with Gasteiger partial charge in [0.15, 0.2) is 0 Å². The summed E-state index contributed by atoms with van der Waals surface area (Å²) >= 11 is 0. The topological polar surface area (TPSA) is 56.2 Å². The maximum atomic E-state index is 12.3. The minimum atomic E-state index is 0.0551. The highest BCUT2D eigenvalue weighted by Crippen LogP contribution is 2.32. The van der Waals surface area contributed by atoms with E-state index in [1.54, 1.807) is 0 Å². The zero-order valence-corrected chi connectivity index (χ0v) is 18.3. The Hall–Kier alpha value is -3.08. The number of nitrogens with one attached hydrogen (secondary N) is 1. The lowest BCUT2D eigenvalue weighted by Gasteiger charge is -2.12. The van der Waals surface area contributed by atoms with Crippen molar-refractivity contribution in [2.45, 2.75) is 47.0 Å². The molecule has 2 aromatic carbocycles. The molecule has 30 heavy (non-hydrogen) atoms. The van der Waals surface area contributed by atoms with Gasteiger partial charge in [-0.2, -0.15) is 5.10 Å². The smallest absolute Gasteiger partial charge is 0.226 e. The summed E-state index contributed by atoms with van der Waals surface area (Å²) in [5.74, 6) is 1.92. The maximum Gasteiger partial charge on any atom is 0.226 e. The third-order valence-corrected chi connectivity index (χ3v) is 4.90. The van der Waals surface area contributed by atoms with E-state index in [9.17, 15) is 4.79 Å². The van der Waals surface area contributed by atoms with Crippen LogP contribution >= 0.6 is 0 Å². The van der Waals surface area contributed by atoms with Crippen LogP contribution in [-0.4, -0.2) is 22.2 Å². The van der Waals surface area contributed by atoms with Gasteiger partial charge in [0.05, 0.1) is 11.4 Å². The van der Waals surface area contributed by atoms with E-state index < -0.39 is 0 Å². The van der Waals surface area contributed by atoms with E-state index in [1.165, 1.54) is 5.56 Å². The van der Waals surface area contributed by atoms with Gasteiger partial charge in [-0.1, -0.05) is 56.7 Å². The number of aromatic nitrogens is 2. The van der Waals surface area contributed by atoms with E-state index in [-0.39, 0.29) is 5.91 Å². The molecule has 5 nitrogen and oxygen atoms in total. The fourth-order valence-electron chi connectivity index (χ4n) is 3.22. The Morgan fingerprint density at radius 3 is 2.43 bits per heavy atom. The Bertz CT molecular complexity index is 960. The predicted molar refractivity (Wildman–Crippen MR) is 120 cm³/mol. The lowest BCUT2D eigenvalue weighted by atomic mass is 10.1. The van der Waals surface area contributed by atoms with E-state index in [2.05, 4.69) is 26.1 Å². The summed E-state index contributed by atoms with van der Waals surface area (Å²) in [6.45, 7) is 9.00. The number of rotatable bonds is 9. The second-order valence-corrected chi connectivity index (χ2v) is 7.94. The van der Waals surface area contributed by atoms with Gasteiger partial charge in [-0.15, -0.1) is 0 Å². The average Bonchev–Trinajstić information content (AvgIpc) is 3.10. The predicted octanol–water partition coefficient (Wildman–Crippen LogP) is 5.24. The van der Waals surface area contributed by atoms with Crippen molar-refractivity contribution in [2.75, 3.05) is 6.54 Å². The molecule has 1 amide bonds. The number of benzene rings is 2. The fourth-order valence-corrected chi connectivity index (χ4v) is 3.22. The first kappa shape index (κ1) is 21.6. The van der Waals surface area contributed by atoms with Crippen molar-refractivity contribution in [1.29, 1.82) is 0 Å². The number of ether oxygens (including phenoxy) is 1. The molecule has 1 aromatic heterocycles. The minimum absolute atomic E-state index is 0.0551. The van der Waals surface area contributed by atoms with Crippen LogP contribution in [0.2, 0.25) is 0 Å². The van der Waals surface area contributed by atoms with E-state index in [0.29, 0.717) is 31.2 Å². The van der Waals surface area contributed by atoms with E-state index in [0.717, 1.165) is 29.1 Å². The molecule has 0 atom stereocenters. The lowest BCUT2D eigenvalue weighted by molar-refractivity contribution is -0.121. The Labute approximate surface area is 179 Å². The monoisotopic (exact) mass is 405 g/mol. The van der Waals surface area contributed by atoms with Crippen molar-refractivity contribution in [3.8, 4) is 17.3 Å². The van der Waals surface area contributed by atoms with Gasteiger partial charge >= 0.3 is 0 Å². The van der Waals surface area contributed by atoms with Gasteiger partial charge in [0.1, 0.15) is 5.75 Å². The van der Waals surface area contributed by atoms with Gasteiger partial charge in [-0.3, -0.25) is 4.79 Å². The van der Waals surface area contributed by atoms with Crippen LogP contribution in [0.5, 0.6) is 11.6 Å². The first-order valence-corrected chi connectivity index (χ1v) is 10.6. The number of aryl methyl sites for hydroxylation is 2. The van der Waals surface area contributed by atoms with Gasteiger partial charge < -0.3 is 10.1 Å². The van der Waals surface area contributed by atoms with Crippen LogP contribution in [-0.2, 0) is 17.6 Å². The van der Waals surface area contributed by atoms with Gasteiger partial charge in [0.2, 0.25) is 11.8 Å². The van der Waals surface area contributed by atoms with Crippen molar-refractivity contribution < 1.29 is 9.53 Å². The van der Waals surface area contributed by atoms with E-state index >= 15 is 0 Å². The Kier molecular flexibility index (Phi) is 7.28. The SMILES string of the molecule is CCc1nn(-c2ccccc2)c(Oc2ccc(C)cc2)c1CCC(=O)NCC(C)C. The van der Waals surface area contributed by atoms with Crippen LogP contribution in [0.4, 0.5) is 0 Å². The number of para-hydroxylation sites is 1. The van der Waals surface area contributed by atoms with E-state index in [1.807, 2.05) is 66.2 Å². The molecule has 3 aromatic rings. The van der Waals surface area contributed by atoms with Crippen molar-refractivity contribution >= 4 is 5.91 Å². The number of hydrogen-bond donors (Lipinski definition) is 1. The molecule has 0 fully saturated rings. The number of nitrogens with zero attached hydrogens (tertiary/aromatic N) is 2. The third kappa shape index (κ3) is 5.50. The highest BCUT2D eigenvalue weighted by atomic mass is 16.5. The fraction of sp³-hybridized carbons (Fsp3) is 0.360. The van der Waals surface area contributed by atoms with Gasteiger partial charge in [-0.25, -0.2) is 4.68 Å². The molecule has 1 heterocycles. The molecule has 1 N–H and O–H groups in total. The Morgan fingerprint density at radius 2 is 1.80 bits per heavy atom. The van der Waals surface area contributed by atoms with Gasteiger partial charge in [0.25, 0.3) is 0 Å². The Balaban J connectivity index is 1.93. The molecule has 0 bridgehead atoms. The zero-order valence-electron chi connectivity index (χ0n) is 18.3. The van der Waals surface area contributed by atoms with Crippen molar-refractivity contribution in [3.63, 3.8) is 0 Å². The molecule has 0 aliphatic rings. The number of amides is 1. The first-order valence-electron chi connectivity index (χ1n) is 10.6. The van der Waals surface area contributed by atoms with Crippen molar-refractivity contribution in [3.05, 3.63) is 71.4 Å². The van der Waals surface area contributed by atoms with Crippen LogP contribution in [0.15, 0.2) is 54.6 Å². The molecular weight excluding hydrogens is 374 g/mol. The summed E-state index contributed by atoms with van der Waals surface area (Å²) in [5, 5.41) is 7.82. The summed E-state index contributed by atoms with van der Waals surface area (Å²) in [6, 6.07) is 17.9. The van der Waals surface area contributed by atoms with Crippen molar-refractivity contribution in [1.82, 2.24) is 15.1 Å². The Morgan fingerprint density at radius 1 is 1.10 bits per heavy atom. The second-order valence-electron chi connectivity index (χ2n) is 7.94. The van der Waals surface area contributed by atoms with E-state index in [4.69, 9.17) is 9.84 Å². The molecule has 0 spiro atoms. The summed E-state index contributed by atoms with van der Waals surface area (Å²) in [4.78, 5) is 12.3. The lowest BCUT2D eigenvalue weighted by Crippen LogP contribution is -2.27. The first-order chi connectivity index (χ1) is 14.5. The number of carbonyl (C=O) groups is 1. The molecule has 0 aliphatic heterocycles. The highest BCUT2D eigenvalue weighted by molar-refractivity contribution is 5.76. The standard InChI is InChI=1S/C25H31N3O2/c1-5-23-22(15-16-24(29)26-17-18(2)3)25(30-21-13-11-19(4)12-14-21)28(27-23)20-9-7-6-8-10-20/h6-14,18H,5,15-17H2,1-4H3,(H,26,29). The summed E-state index contributed by atoms with van der Waals surface area (Å²) in [5.41, 5.74) is 4.05.